The molecule has 0 N–H and O–H groups in total. The Kier molecular flexibility index (Phi) is 2.45. The molecule has 0 spiro atoms. The molecule has 0 bridgehead atoms. The summed E-state index contributed by atoms with van der Waals surface area (Å²) < 4.78 is 6.25. The van der Waals surface area contributed by atoms with Crippen molar-refractivity contribution >= 4 is 27.6 Å². The highest BCUT2D eigenvalue weighted by molar-refractivity contribution is 6.10. The number of furan rings is 1. The summed E-state index contributed by atoms with van der Waals surface area (Å²) in [6.07, 6.45) is 4.52. The number of hydrogen-bond acceptors (Lipinski definition) is 3. The van der Waals surface area contributed by atoms with Crippen LogP contribution < -0.4 is 4.90 Å². The molecule has 3 nitrogen and oxygen atoms in total. The van der Waals surface area contributed by atoms with Crippen molar-refractivity contribution in [2.45, 2.75) is 32.0 Å². The van der Waals surface area contributed by atoms with Gasteiger partial charge in [0, 0.05) is 23.9 Å². The van der Waals surface area contributed by atoms with Crippen molar-refractivity contribution in [3.8, 4) is 0 Å². The molecule has 0 radical (unpaired) electrons. The Balaban J connectivity index is 1.73. The highest BCUT2D eigenvalue weighted by Gasteiger charge is 2.53. The van der Waals surface area contributed by atoms with Crippen molar-refractivity contribution in [1.29, 1.82) is 0 Å². The van der Waals surface area contributed by atoms with Crippen molar-refractivity contribution in [2.24, 2.45) is 0 Å². The van der Waals surface area contributed by atoms with E-state index in [0.29, 0.717) is 18.1 Å². The number of likely N-dealkylation sites (N-methyl/N-ethyl adjacent to an activating group) is 1. The van der Waals surface area contributed by atoms with E-state index in [9.17, 15) is 0 Å². The number of hydrogen-bond donors (Lipinski definition) is 0. The minimum atomic E-state index is 0.499. The molecule has 3 heterocycles. The first-order valence-corrected chi connectivity index (χ1v) is 8.26. The standard InChI is InChI=1S/C20H20N2O/c1-12-8-9-15-14-6-4-5-7-17(14)23-20(15)18(12)22-16-10-11-21(3)13(2)19(16)22/h4-11,13,16,19H,1-3H3/t13-,16-,19?,22?/m1/s1. The number of nitrogens with zero attached hydrogens (tertiary/aromatic N) is 2. The minimum Gasteiger partial charge on any atom is -0.454 e. The van der Waals surface area contributed by atoms with E-state index in [1.54, 1.807) is 0 Å². The molecule has 1 saturated heterocycles. The Morgan fingerprint density at radius 3 is 2.74 bits per heavy atom. The number of rotatable bonds is 1. The van der Waals surface area contributed by atoms with Gasteiger partial charge in [0.1, 0.15) is 5.58 Å². The van der Waals surface area contributed by atoms with Gasteiger partial charge in [-0.1, -0.05) is 30.3 Å². The van der Waals surface area contributed by atoms with Crippen molar-refractivity contribution in [1.82, 2.24) is 4.90 Å². The third kappa shape index (κ3) is 1.65. The molecule has 1 unspecified atom stereocenters. The minimum absolute atomic E-state index is 0.499. The lowest BCUT2D eigenvalue weighted by Gasteiger charge is -2.24. The summed E-state index contributed by atoms with van der Waals surface area (Å²) in [6, 6.07) is 14.3. The number of benzene rings is 2. The zero-order chi connectivity index (χ0) is 15.7. The van der Waals surface area contributed by atoms with E-state index in [4.69, 9.17) is 4.42 Å². The summed E-state index contributed by atoms with van der Waals surface area (Å²) in [5.74, 6) is 0. The molecule has 5 rings (SSSR count). The molecular formula is C20H20N2O. The summed E-state index contributed by atoms with van der Waals surface area (Å²) >= 11 is 0. The fourth-order valence-corrected chi connectivity index (χ4v) is 4.09. The molecule has 2 aliphatic rings. The molecule has 0 aliphatic carbocycles. The van der Waals surface area contributed by atoms with Gasteiger partial charge in [0.2, 0.25) is 0 Å². The largest absolute Gasteiger partial charge is 0.454 e. The lowest BCUT2D eigenvalue weighted by atomic mass is 10.1. The van der Waals surface area contributed by atoms with Gasteiger partial charge in [0.15, 0.2) is 5.58 Å². The second kappa shape index (κ2) is 4.31. The van der Waals surface area contributed by atoms with Crippen LogP contribution in [0.15, 0.2) is 53.1 Å². The molecule has 3 atom stereocenters. The number of para-hydroxylation sites is 1. The van der Waals surface area contributed by atoms with Gasteiger partial charge in [0.05, 0.1) is 17.8 Å². The third-order valence-electron chi connectivity index (χ3n) is 5.54. The summed E-state index contributed by atoms with van der Waals surface area (Å²) in [6.45, 7) is 4.49. The quantitative estimate of drug-likeness (QED) is 0.625. The van der Waals surface area contributed by atoms with Crippen LogP contribution in [0.3, 0.4) is 0 Å². The molecule has 23 heavy (non-hydrogen) atoms. The van der Waals surface area contributed by atoms with E-state index in [2.05, 4.69) is 73.3 Å². The molecule has 3 aromatic rings. The van der Waals surface area contributed by atoms with Crippen LogP contribution in [0.25, 0.3) is 21.9 Å². The maximum absolute atomic E-state index is 6.25. The van der Waals surface area contributed by atoms with Crippen LogP contribution in [0.4, 0.5) is 5.69 Å². The average Bonchev–Trinajstić information content (AvgIpc) is 3.14. The van der Waals surface area contributed by atoms with Crippen molar-refractivity contribution < 1.29 is 4.42 Å². The van der Waals surface area contributed by atoms with Crippen LogP contribution in [0.2, 0.25) is 0 Å². The topological polar surface area (TPSA) is 19.4 Å². The maximum Gasteiger partial charge on any atom is 0.159 e. The van der Waals surface area contributed by atoms with Crippen LogP contribution in [-0.4, -0.2) is 30.1 Å². The SMILES string of the molecule is Cc1ccc2c(oc3ccccc32)c1N1C2[C@@H](C)N(C)C=C[C@H]21. The Morgan fingerprint density at radius 1 is 1.04 bits per heavy atom. The average molecular weight is 304 g/mol. The number of anilines is 1. The highest BCUT2D eigenvalue weighted by Crippen LogP contribution is 2.47. The summed E-state index contributed by atoms with van der Waals surface area (Å²) in [7, 11) is 2.16. The van der Waals surface area contributed by atoms with Gasteiger partial charge in [0.25, 0.3) is 0 Å². The molecular weight excluding hydrogens is 284 g/mol. The van der Waals surface area contributed by atoms with Gasteiger partial charge in [-0.2, -0.15) is 0 Å². The molecule has 1 fully saturated rings. The Hall–Kier alpha value is -2.42. The van der Waals surface area contributed by atoms with Crippen LogP contribution in [0.1, 0.15) is 12.5 Å². The van der Waals surface area contributed by atoms with Gasteiger partial charge >= 0.3 is 0 Å². The monoisotopic (exact) mass is 304 g/mol. The molecule has 3 heteroatoms. The smallest absolute Gasteiger partial charge is 0.159 e. The van der Waals surface area contributed by atoms with Crippen LogP contribution in [0, 0.1) is 6.92 Å². The molecule has 2 aromatic carbocycles. The predicted molar refractivity (Wildman–Crippen MR) is 94.9 cm³/mol. The first kappa shape index (κ1) is 13.1. The second-order valence-electron chi connectivity index (χ2n) is 6.84. The lowest BCUT2D eigenvalue weighted by molar-refractivity contribution is 0.337. The van der Waals surface area contributed by atoms with Crippen LogP contribution >= 0.6 is 0 Å². The fraction of sp³-hybridized carbons (Fsp3) is 0.300. The first-order valence-electron chi connectivity index (χ1n) is 8.26. The van der Waals surface area contributed by atoms with E-state index < -0.39 is 0 Å². The summed E-state index contributed by atoms with van der Waals surface area (Å²) in [4.78, 5) is 4.82. The van der Waals surface area contributed by atoms with Gasteiger partial charge in [-0.3, -0.25) is 0 Å². The molecule has 116 valence electrons. The zero-order valence-corrected chi connectivity index (χ0v) is 13.7. The van der Waals surface area contributed by atoms with Crippen molar-refractivity contribution in [3.05, 3.63) is 54.2 Å². The fourth-order valence-electron chi connectivity index (χ4n) is 4.09. The Bertz CT molecular complexity index is 955. The maximum atomic E-state index is 6.25. The van der Waals surface area contributed by atoms with Gasteiger partial charge in [-0.15, -0.1) is 0 Å². The van der Waals surface area contributed by atoms with Gasteiger partial charge < -0.3 is 14.2 Å². The normalized spacial score (nSPS) is 26.1. The van der Waals surface area contributed by atoms with Gasteiger partial charge in [-0.05, 0) is 37.8 Å². The first-order chi connectivity index (χ1) is 11.2. The van der Waals surface area contributed by atoms with E-state index in [-0.39, 0.29) is 0 Å². The summed E-state index contributed by atoms with van der Waals surface area (Å²) in [5, 5.41) is 2.42. The van der Waals surface area contributed by atoms with E-state index in [1.807, 2.05) is 6.07 Å². The summed E-state index contributed by atoms with van der Waals surface area (Å²) in [5.41, 5.74) is 4.55. The predicted octanol–water partition coefficient (Wildman–Crippen LogP) is 4.30. The Morgan fingerprint density at radius 2 is 1.87 bits per heavy atom. The Labute approximate surface area is 135 Å². The third-order valence-corrected chi connectivity index (χ3v) is 5.54. The highest BCUT2D eigenvalue weighted by atomic mass is 16.3. The molecule has 1 aromatic heterocycles. The zero-order valence-electron chi connectivity index (χ0n) is 13.7. The van der Waals surface area contributed by atoms with Gasteiger partial charge in [-0.25, -0.2) is 0 Å². The van der Waals surface area contributed by atoms with E-state index in [1.165, 1.54) is 22.0 Å². The molecule has 0 saturated carbocycles. The lowest BCUT2D eigenvalue weighted by Crippen LogP contribution is -2.33. The molecule has 2 aliphatic heterocycles. The van der Waals surface area contributed by atoms with Crippen molar-refractivity contribution in [3.63, 3.8) is 0 Å². The van der Waals surface area contributed by atoms with Crippen LogP contribution in [0.5, 0.6) is 0 Å². The van der Waals surface area contributed by atoms with E-state index in [0.717, 1.165) is 11.2 Å². The van der Waals surface area contributed by atoms with Crippen molar-refractivity contribution in [2.75, 3.05) is 11.9 Å². The molecule has 0 amide bonds. The van der Waals surface area contributed by atoms with E-state index >= 15 is 0 Å². The number of fused-ring (bicyclic) bond motifs is 4. The van der Waals surface area contributed by atoms with Crippen LogP contribution in [-0.2, 0) is 0 Å². The second-order valence-corrected chi connectivity index (χ2v) is 6.84. The number of aryl methyl sites for hydroxylation is 1.